The van der Waals surface area contributed by atoms with E-state index in [9.17, 15) is 4.79 Å². The summed E-state index contributed by atoms with van der Waals surface area (Å²) in [5, 5.41) is 4.00. The van der Waals surface area contributed by atoms with Crippen LogP contribution in [0.1, 0.15) is 36.5 Å². The zero-order valence-corrected chi connectivity index (χ0v) is 14.3. The summed E-state index contributed by atoms with van der Waals surface area (Å²) in [4.78, 5) is 11.7. The van der Waals surface area contributed by atoms with Gasteiger partial charge < -0.3 is 0 Å². The van der Waals surface area contributed by atoms with Crippen LogP contribution in [-0.4, -0.2) is 17.9 Å². The molecule has 120 valence electrons. The summed E-state index contributed by atoms with van der Waals surface area (Å²) in [5.41, 5.74) is 6.06. The molecule has 0 heterocycles. The van der Waals surface area contributed by atoms with Crippen molar-refractivity contribution >= 4 is 23.9 Å². The third-order valence-electron chi connectivity index (χ3n) is 3.35. The van der Waals surface area contributed by atoms with Crippen LogP contribution in [-0.2, 0) is 10.5 Å². The van der Waals surface area contributed by atoms with Gasteiger partial charge in [0.1, 0.15) is 0 Å². The summed E-state index contributed by atoms with van der Waals surface area (Å²) in [6.07, 6.45) is 1.67. The Hall–Kier alpha value is -2.07. The van der Waals surface area contributed by atoms with Gasteiger partial charge in [-0.3, -0.25) is 4.79 Å². The monoisotopic (exact) mass is 326 g/mol. The normalized spacial score (nSPS) is 11.1. The van der Waals surface area contributed by atoms with Gasteiger partial charge in [-0.1, -0.05) is 68.4 Å². The highest BCUT2D eigenvalue weighted by molar-refractivity contribution is 7.99. The van der Waals surface area contributed by atoms with E-state index in [1.165, 1.54) is 11.1 Å². The number of hydrazone groups is 1. The third-order valence-corrected chi connectivity index (χ3v) is 4.35. The second kappa shape index (κ2) is 9.16. The molecule has 0 atom stereocenters. The highest BCUT2D eigenvalue weighted by Crippen LogP contribution is 2.14. The van der Waals surface area contributed by atoms with Gasteiger partial charge in [0.25, 0.3) is 0 Å². The fraction of sp³-hybridized carbons (Fsp3) is 0.263. The average molecular weight is 326 g/mol. The molecule has 0 aliphatic carbocycles. The van der Waals surface area contributed by atoms with Crippen molar-refractivity contribution in [3.63, 3.8) is 0 Å². The molecule has 0 aromatic heterocycles. The summed E-state index contributed by atoms with van der Waals surface area (Å²) < 4.78 is 0. The van der Waals surface area contributed by atoms with Crippen molar-refractivity contribution in [3.8, 4) is 0 Å². The zero-order valence-electron chi connectivity index (χ0n) is 13.5. The lowest BCUT2D eigenvalue weighted by atomic mass is 10.0. The lowest BCUT2D eigenvalue weighted by molar-refractivity contribution is -0.118. The van der Waals surface area contributed by atoms with Gasteiger partial charge in [0, 0.05) is 5.75 Å². The van der Waals surface area contributed by atoms with Crippen LogP contribution in [0.25, 0.3) is 0 Å². The van der Waals surface area contributed by atoms with E-state index in [-0.39, 0.29) is 5.91 Å². The molecule has 0 bridgehead atoms. The van der Waals surface area contributed by atoms with Gasteiger partial charge in [-0.05, 0) is 22.6 Å². The average Bonchev–Trinajstić information content (AvgIpc) is 2.56. The quantitative estimate of drug-likeness (QED) is 0.612. The molecule has 0 saturated carbocycles. The molecule has 1 N–H and O–H groups in total. The predicted molar refractivity (Wildman–Crippen MR) is 98.9 cm³/mol. The Labute approximate surface area is 142 Å². The number of hydrogen-bond donors (Lipinski definition) is 1. The summed E-state index contributed by atoms with van der Waals surface area (Å²) in [6, 6.07) is 18.3. The first kappa shape index (κ1) is 17.3. The molecule has 2 aromatic carbocycles. The van der Waals surface area contributed by atoms with Crippen LogP contribution in [0.2, 0.25) is 0 Å². The van der Waals surface area contributed by atoms with Gasteiger partial charge in [0.2, 0.25) is 5.91 Å². The Morgan fingerprint density at radius 2 is 1.83 bits per heavy atom. The molecule has 3 nitrogen and oxygen atoms in total. The summed E-state index contributed by atoms with van der Waals surface area (Å²) in [6.45, 7) is 4.33. The first-order valence-corrected chi connectivity index (χ1v) is 8.84. The van der Waals surface area contributed by atoms with Gasteiger partial charge in [0.15, 0.2) is 0 Å². The minimum atomic E-state index is -0.0824. The summed E-state index contributed by atoms with van der Waals surface area (Å²) in [5.74, 6) is 1.66. The molecule has 4 heteroatoms. The fourth-order valence-electron chi connectivity index (χ4n) is 2.01. The van der Waals surface area contributed by atoms with Crippen molar-refractivity contribution in [2.45, 2.75) is 25.5 Å². The van der Waals surface area contributed by atoms with E-state index < -0.39 is 0 Å². The minimum Gasteiger partial charge on any atom is -0.272 e. The van der Waals surface area contributed by atoms with Crippen LogP contribution >= 0.6 is 11.8 Å². The van der Waals surface area contributed by atoms with Crippen LogP contribution in [0.4, 0.5) is 0 Å². The molecule has 2 rings (SSSR count). The summed E-state index contributed by atoms with van der Waals surface area (Å²) >= 11 is 1.58. The Bertz CT molecular complexity index is 636. The van der Waals surface area contributed by atoms with Crippen molar-refractivity contribution in [2.24, 2.45) is 5.10 Å². The zero-order chi connectivity index (χ0) is 16.5. The van der Waals surface area contributed by atoms with Gasteiger partial charge in [-0.15, -0.1) is 11.8 Å². The Morgan fingerprint density at radius 1 is 1.13 bits per heavy atom. The van der Waals surface area contributed by atoms with Crippen LogP contribution in [0.15, 0.2) is 59.7 Å². The molecule has 0 aliphatic rings. The van der Waals surface area contributed by atoms with E-state index in [1.807, 2.05) is 30.3 Å². The molecule has 0 spiro atoms. The van der Waals surface area contributed by atoms with E-state index >= 15 is 0 Å². The first-order valence-electron chi connectivity index (χ1n) is 7.68. The maximum atomic E-state index is 11.7. The van der Waals surface area contributed by atoms with Gasteiger partial charge in [-0.2, -0.15) is 5.10 Å². The van der Waals surface area contributed by atoms with Crippen molar-refractivity contribution in [2.75, 3.05) is 5.75 Å². The predicted octanol–water partition coefficient (Wildman–Crippen LogP) is 4.19. The van der Waals surface area contributed by atoms with Crippen molar-refractivity contribution in [1.29, 1.82) is 0 Å². The number of rotatable bonds is 7. The van der Waals surface area contributed by atoms with Gasteiger partial charge >= 0.3 is 0 Å². The van der Waals surface area contributed by atoms with Crippen molar-refractivity contribution < 1.29 is 4.79 Å². The summed E-state index contributed by atoms with van der Waals surface area (Å²) in [7, 11) is 0. The van der Waals surface area contributed by atoms with E-state index in [0.29, 0.717) is 11.7 Å². The molecule has 23 heavy (non-hydrogen) atoms. The second-order valence-electron chi connectivity index (χ2n) is 5.59. The number of carbonyl (C=O) groups is 1. The molecule has 0 fully saturated rings. The molecule has 0 unspecified atom stereocenters. The Kier molecular flexibility index (Phi) is 6.88. The number of benzene rings is 2. The smallest absolute Gasteiger partial charge is 0.250 e. The molecule has 2 aromatic rings. The molecule has 0 aliphatic heterocycles. The molecule has 1 amide bonds. The molecule has 0 saturated heterocycles. The van der Waals surface area contributed by atoms with Crippen molar-refractivity contribution in [3.05, 3.63) is 71.3 Å². The van der Waals surface area contributed by atoms with E-state index in [0.717, 1.165) is 11.3 Å². The van der Waals surface area contributed by atoms with Crippen molar-refractivity contribution in [1.82, 2.24) is 5.43 Å². The fourth-order valence-corrected chi connectivity index (χ4v) is 2.79. The largest absolute Gasteiger partial charge is 0.272 e. The minimum absolute atomic E-state index is 0.0824. The van der Waals surface area contributed by atoms with Crippen LogP contribution in [0, 0.1) is 0 Å². The van der Waals surface area contributed by atoms with Crippen LogP contribution < -0.4 is 5.43 Å². The molecular weight excluding hydrogens is 304 g/mol. The highest BCUT2D eigenvalue weighted by atomic mass is 32.2. The van der Waals surface area contributed by atoms with Gasteiger partial charge in [-0.25, -0.2) is 5.43 Å². The van der Waals surface area contributed by atoms with Crippen LogP contribution in [0.3, 0.4) is 0 Å². The lowest BCUT2D eigenvalue weighted by Crippen LogP contribution is -2.19. The van der Waals surface area contributed by atoms with E-state index in [1.54, 1.807) is 18.0 Å². The van der Waals surface area contributed by atoms with E-state index in [4.69, 9.17) is 0 Å². The van der Waals surface area contributed by atoms with Crippen LogP contribution in [0.5, 0.6) is 0 Å². The maximum absolute atomic E-state index is 11.7. The molecule has 0 radical (unpaired) electrons. The lowest BCUT2D eigenvalue weighted by Gasteiger charge is -2.04. The highest BCUT2D eigenvalue weighted by Gasteiger charge is 2.01. The number of nitrogens with one attached hydrogen (secondary N) is 1. The second-order valence-corrected chi connectivity index (χ2v) is 6.58. The Morgan fingerprint density at radius 3 is 2.48 bits per heavy atom. The third kappa shape index (κ3) is 6.28. The maximum Gasteiger partial charge on any atom is 0.250 e. The standard InChI is InChI=1S/C19H22N2OS/c1-15(2)18-10-8-16(9-11-18)12-20-21-19(22)14-23-13-17-6-4-3-5-7-17/h3-12,15H,13-14H2,1-2H3,(H,21,22)/b20-12-. The number of carbonyl (C=O) groups excluding carboxylic acids is 1. The van der Waals surface area contributed by atoms with Gasteiger partial charge in [0.05, 0.1) is 12.0 Å². The van der Waals surface area contributed by atoms with E-state index in [2.05, 4.69) is 48.6 Å². The number of hydrogen-bond acceptors (Lipinski definition) is 3. The number of amides is 1. The first-order chi connectivity index (χ1) is 11.1. The number of nitrogens with zero attached hydrogens (tertiary/aromatic N) is 1. The molecular formula is C19H22N2OS. The number of thioether (sulfide) groups is 1. The Balaban J connectivity index is 1.71. The topological polar surface area (TPSA) is 41.5 Å². The SMILES string of the molecule is CC(C)c1ccc(/C=N\NC(=O)CSCc2ccccc2)cc1.